The number of hydrogen-bond donors (Lipinski definition) is 0. The summed E-state index contributed by atoms with van der Waals surface area (Å²) in [5.41, 5.74) is 0.449. The third-order valence-corrected chi connectivity index (χ3v) is 4.74. The van der Waals surface area contributed by atoms with Crippen LogP contribution in [-0.2, 0) is 0 Å². The summed E-state index contributed by atoms with van der Waals surface area (Å²) in [6.45, 7) is 1.61. The maximum atomic E-state index is 13.8. The van der Waals surface area contributed by atoms with Crippen LogP contribution in [0.3, 0.4) is 0 Å². The molecular formula is C17H12ClF2N3OS. The van der Waals surface area contributed by atoms with Crippen molar-refractivity contribution in [3.05, 3.63) is 71.0 Å². The standard InChI is InChI=1S/C17H12ClF2N3OS/c1-10(16(24)14-8-12(19)5-6-15(14)20)25-17-22-21-9-23(17)13-4-2-3-11(18)7-13/h2-10H,1H3. The first-order valence-electron chi connectivity index (χ1n) is 7.27. The summed E-state index contributed by atoms with van der Waals surface area (Å²) in [6.07, 6.45) is 1.49. The highest BCUT2D eigenvalue weighted by Gasteiger charge is 2.23. The van der Waals surface area contributed by atoms with Crippen molar-refractivity contribution in [2.24, 2.45) is 0 Å². The molecule has 0 spiro atoms. The molecule has 0 N–H and O–H groups in total. The highest BCUT2D eigenvalue weighted by Crippen LogP contribution is 2.27. The summed E-state index contributed by atoms with van der Waals surface area (Å²) < 4.78 is 28.8. The van der Waals surface area contributed by atoms with Crippen molar-refractivity contribution in [2.75, 3.05) is 0 Å². The van der Waals surface area contributed by atoms with Crippen LogP contribution in [0.25, 0.3) is 5.69 Å². The summed E-state index contributed by atoms with van der Waals surface area (Å²) in [5.74, 6) is -1.94. The molecule has 1 aromatic heterocycles. The van der Waals surface area contributed by atoms with Crippen LogP contribution in [0, 0.1) is 11.6 Å². The van der Waals surface area contributed by atoms with Crippen LogP contribution in [-0.4, -0.2) is 25.8 Å². The summed E-state index contributed by atoms with van der Waals surface area (Å²) in [6, 6.07) is 9.88. The number of rotatable bonds is 5. The predicted molar refractivity (Wildman–Crippen MR) is 92.4 cm³/mol. The minimum absolute atomic E-state index is 0.283. The first-order chi connectivity index (χ1) is 12.0. The smallest absolute Gasteiger partial charge is 0.196 e. The van der Waals surface area contributed by atoms with Crippen LogP contribution >= 0.6 is 23.4 Å². The number of carbonyl (C=O) groups is 1. The van der Waals surface area contributed by atoms with Crippen LogP contribution in [0.5, 0.6) is 0 Å². The van der Waals surface area contributed by atoms with Gasteiger partial charge in [-0.1, -0.05) is 29.4 Å². The number of Topliss-reactive ketones (excluding diaryl/α,β-unsaturated/α-hetero) is 1. The third kappa shape index (κ3) is 3.88. The van der Waals surface area contributed by atoms with Gasteiger partial charge in [0.2, 0.25) is 0 Å². The van der Waals surface area contributed by atoms with Crippen molar-refractivity contribution in [3.63, 3.8) is 0 Å². The summed E-state index contributed by atoms with van der Waals surface area (Å²) in [7, 11) is 0. The third-order valence-electron chi connectivity index (χ3n) is 3.45. The largest absolute Gasteiger partial charge is 0.293 e. The molecule has 0 fully saturated rings. The lowest BCUT2D eigenvalue weighted by Crippen LogP contribution is -2.16. The molecule has 0 aliphatic rings. The van der Waals surface area contributed by atoms with E-state index < -0.39 is 22.7 Å². The second-order valence-electron chi connectivity index (χ2n) is 5.21. The molecule has 0 saturated heterocycles. The Balaban J connectivity index is 1.85. The molecule has 4 nitrogen and oxygen atoms in total. The van der Waals surface area contributed by atoms with E-state index in [0.717, 1.165) is 35.6 Å². The van der Waals surface area contributed by atoms with Gasteiger partial charge in [-0.3, -0.25) is 9.36 Å². The maximum Gasteiger partial charge on any atom is 0.196 e. The molecule has 25 heavy (non-hydrogen) atoms. The second kappa shape index (κ2) is 7.33. The number of thioether (sulfide) groups is 1. The zero-order valence-corrected chi connectivity index (χ0v) is 14.6. The second-order valence-corrected chi connectivity index (χ2v) is 6.96. The van der Waals surface area contributed by atoms with Gasteiger partial charge in [0.05, 0.1) is 16.5 Å². The van der Waals surface area contributed by atoms with Gasteiger partial charge in [-0.25, -0.2) is 8.78 Å². The fourth-order valence-corrected chi connectivity index (χ4v) is 3.32. The molecule has 1 unspecified atom stereocenters. The van der Waals surface area contributed by atoms with Gasteiger partial charge in [0.15, 0.2) is 10.9 Å². The van der Waals surface area contributed by atoms with E-state index in [2.05, 4.69) is 10.2 Å². The van der Waals surface area contributed by atoms with Crippen molar-refractivity contribution in [1.29, 1.82) is 0 Å². The summed E-state index contributed by atoms with van der Waals surface area (Å²) in [4.78, 5) is 12.4. The van der Waals surface area contributed by atoms with Crippen molar-refractivity contribution in [3.8, 4) is 5.69 Å². The Hall–Kier alpha value is -2.25. The van der Waals surface area contributed by atoms with E-state index in [1.165, 1.54) is 6.33 Å². The zero-order valence-electron chi connectivity index (χ0n) is 13.0. The fraction of sp³-hybridized carbons (Fsp3) is 0.118. The van der Waals surface area contributed by atoms with E-state index >= 15 is 0 Å². The first kappa shape index (κ1) is 17.6. The molecule has 2 aromatic carbocycles. The topological polar surface area (TPSA) is 47.8 Å². The average Bonchev–Trinajstić information content (AvgIpc) is 3.04. The number of aromatic nitrogens is 3. The summed E-state index contributed by atoms with van der Waals surface area (Å²) >= 11 is 7.09. The Morgan fingerprint density at radius 2 is 2.04 bits per heavy atom. The molecule has 1 heterocycles. The van der Waals surface area contributed by atoms with Crippen LogP contribution in [0.2, 0.25) is 5.02 Å². The van der Waals surface area contributed by atoms with Crippen LogP contribution in [0.4, 0.5) is 8.78 Å². The Kier molecular flexibility index (Phi) is 5.15. The van der Waals surface area contributed by atoms with Crippen molar-refractivity contribution >= 4 is 29.1 Å². The van der Waals surface area contributed by atoms with E-state index in [1.54, 1.807) is 29.7 Å². The van der Waals surface area contributed by atoms with Gasteiger partial charge in [-0.15, -0.1) is 10.2 Å². The van der Waals surface area contributed by atoms with Gasteiger partial charge in [-0.05, 0) is 43.3 Å². The molecule has 3 aromatic rings. The average molecular weight is 380 g/mol. The highest BCUT2D eigenvalue weighted by molar-refractivity contribution is 8.00. The Labute approximate surface area is 151 Å². The number of nitrogens with zero attached hydrogens (tertiary/aromatic N) is 3. The van der Waals surface area contributed by atoms with Crippen LogP contribution < -0.4 is 0 Å². The van der Waals surface area contributed by atoms with Gasteiger partial charge in [-0.2, -0.15) is 0 Å². The molecule has 0 radical (unpaired) electrons. The molecular weight excluding hydrogens is 368 g/mol. The molecule has 0 saturated carbocycles. The number of hydrogen-bond acceptors (Lipinski definition) is 4. The molecule has 0 aliphatic carbocycles. The Morgan fingerprint density at radius 3 is 2.80 bits per heavy atom. The fourth-order valence-electron chi connectivity index (χ4n) is 2.22. The van der Waals surface area contributed by atoms with Gasteiger partial charge >= 0.3 is 0 Å². The monoisotopic (exact) mass is 379 g/mol. The van der Waals surface area contributed by atoms with Gasteiger partial charge in [0.1, 0.15) is 18.0 Å². The Morgan fingerprint density at radius 1 is 1.24 bits per heavy atom. The maximum absolute atomic E-state index is 13.8. The number of benzene rings is 2. The van der Waals surface area contributed by atoms with E-state index in [-0.39, 0.29) is 5.56 Å². The van der Waals surface area contributed by atoms with Gasteiger partial charge < -0.3 is 0 Å². The summed E-state index contributed by atoms with van der Waals surface area (Å²) in [5, 5.41) is 8.15. The highest BCUT2D eigenvalue weighted by atomic mass is 35.5. The van der Waals surface area contributed by atoms with Gasteiger partial charge in [0, 0.05) is 5.02 Å². The van der Waals surface area contributed by atoms with Crippen molar-refractivity contribution < 1.29 is 13.6 Å². The lowest BCUT2D eigenvalue weighted by molar-refractivity contribution is 0.0989. The van der Waals surface area contributed by atoms with Crippen LogP contribution in [0.15, 0.2) is 53.9 Å². The molecule has 128 valence electrons. The van der Waals surface area contributed by atoms with E-state index in [9.17, 15) is 13.6 Å². The predicted octanol–water partition coefficient (Wildman–Crippen LogP) is 4.56. The number of ketones is 1. The molecule has 0 aliphatic heterocycles. The van der Waals surface area contributed by atoms with Gasteiger partial charge in [0.25, 0.3) is 0 Å². The van der Waals surface area contributed by atoms with E-state index in [1.807, 2.05) is 6.07 Å². The Bertz CT molecular complexity index is 932. The lowest BCUT2D eigenvalue weighted by Gasteiger charge is -2.12. The van der Waals surface area contributed by atoms with E-state index in [4.69, 9.17) is 11.6 Å². The lowest BCUT2D eigenvalue weighted by atomic mass is 10.1. The minimum Gasteiger partial charge on any atom is -0.293 e. The van der Waals surface area contributed by atoms with Crippen molar-refractivity contribution in [1.82, 2.24) is 14.8 Å². The molecule has 0 bridgehead atoms. The SMILES string of the molecule is CC(Sc1nncn1-c1cccc(Cl)c1)C(=O)c1cc(F)ccc1F. The quantitative estimate of drug-likeness (QED) is 0.481. The molecule has 1 atom stereocenters. The van der Waals surface area contributed by atoms with E-state index in [0.29, 0.717) is 10.2 Å². The number of carbonyl (C=O) groups excluding carboxylic acids is 1. The number of halogens is 3. The molecule has 8 heteroatoms. The zero-order chi connectivity index (χ0) is 18.0. The minimum atomic E-state index is -0.754. The van der Waals surface area contributed by atoms with Crippen LogP contribution in [0.1, 0.15) is 17.3 Å². The molecule has 3 rings (SSSR count). The normalized spacial score (nSPS) is 12.2. The first-order valence-corrected chi connectivity index (χ1v) is 8.53. The molecule has 0 amide bonds. The van der Waals surface area contributed by atoms with Crippen molar-refractivity contribution in [2.45, 2.75) is 17.3 Å².